The second-order valence-electron chi connectivity index (χ2n) is 6.55. The van der Waals surface area contributed by atoms with Crippen LogP contribution < -0.4 is 5.32 Å². The largest absolute Gasteiger partial charge is 0.450 e. The molecule has 0 saturated heterocycles. The minimum Gasteiger partial charge on any atom is -0.450 e. The van der Waals surface area contributed by atoms with Crippen LogP contribution in [0.1, 0.15) is 42.8 Å². The summed E-state index contributed by atoms with van der Waals surface area (Å²) in [7, 11) is 0. The Kier molecular flexibility index (Phi) is 5.26. The smallest absolute Gasteiger partial charge is 0.375 e. The Bertz CT molecular complexity index is 957. The fourth-order valence-electron chi connectivity index (χ4n) is 3.16. The third-order valence-corrected chi connectivity index (χ3v) is 4.48. The van der Waals surface area contributed by atoms with E-state index in [4.69, 9.17) is 9.15 Å². The molecule has 3 aromatic rings. The third kappa shape index (κ3) is 3.57. The number of carbonyl (C=O) groups is 2. The summed E-state index contributed by atoms with van der Waals surface area (Å²) in [5, 5.41) is 5.66. The van der Waals surface area contributed by atoms with Crippen molar-refractivity contribution in [2.24, 2.45) is 0 Å². The molecule has 1 N–H and O–H groups in total. The molecular weight excluding hydrogens is 330 g/mol. The van der Waals surface area contributed by atoms with Crippen molar-refractivity contribution >= 4 is 33.6 Å². The van der Waals surface area contributed by atoms with Gasteiger partial charge in [-0.3, -0.25) is 4.79 Å². The van der Waals surface area contributed by atoms with E-state index in [1.54, 1.807) is 0 Å². The number of benzene rings is 2. The maximum absolute atomic E-state index is 12.4. The molecule has 0 radical (unpaired) electrons. The van der Waals surface area contributed by atoms with Crippen LogP contribution in [-0.4, -0.2) is 24.5 Å². The first-order valence-corrected chi connectivity index (χ1v) is 8.88. The lowest BCUT2D eigenvalue weighted by Crippen LogP contribution is -2.35. The van der Waals surface area contributed by atoms with Gasteiger partial charge in [-0.25, -0.2) is 4.79 Å². The Morgan fingerprint density at radius 1 is 1.15 bits per heavy atom. The minimum atomic E-state index is -0.624. The molecule has 0 bridgehead atoms. The minimum absolute atomic E-state index is 0.0607. The predicted octanol–water partition coefficient (Wildman–Crippen LogP) is 4.36. The van der Waals surface area contributed by atoms with Crippen molar-refractivity contribution in [3.63, 3.8) is 0 Å². The number of hydrogen-bond acceptors (Lipinski definition) is 4. The number of rotatable bonds is 6. The number of hydrogen-bond donors (Lipinski definition) is 1. The number of fused-ring (bicyclic) bond motifs is 3. The Labute approximate surface area is 152 Å². The highest BCUT2D eigenvalue weighted by atomic mass is 16.5. The molecule has 0 aliphatic carbocycles. The van der Waals surface area contributed by atoms with Gasteiger partial charge in [-0.15, -0.1) is 0 Å². The molecule has 0 saturated carbocycles. The fraction of sp³-hybridized carbons (Fsp3) is 0.333. The van der Waals surface area contributed by atoms with Crippen molar-refractivity contribution in [2.45, 2.75) is 39.7 Å². The Morgan fingerprint density at radius 2 is 1.92 bits per heavy atom. The molecule has 0 fully saturated rings. The lowest BCUT2D eigenvalue weighted by Gasteiger charge is -2.12. The molecule has 1 atom stereocenters. The van der Waals surface area contributed by atoms with Gasteiger partial charge in [0, 0.05) is 22.4 Å². The van der Waals surface area contributed by atoms with E-state index < -0.39 is 5.97 Å². The summed E-state index contributed by atoms with van der Waals surface area (Å²) < 4.78 is 11.0. The van der Waals surface area contributed by atoms with E-state index in [2.05, 4.69) is 12.2 Å². The number of aryl methyl sites for hydroxylation is 1. The highest BCUT2D eigenvalue weighted by Crippen LogP contribution is 2.31. The van der Waals surface area contributed by atoms with Crippen molar-refractivity contribution in [1.82, 2.24) is 5.32 Å². The molecular formula is C21H23NO4. The quantitative estimate of drug-likeness (QED) is 0.669. The Balaban J connectivity index is 1.77. The third-order valence-electron chi connectivity index (χ3n) is 4.48. The lowest BCUT2D eigenvalue weighted by molar-refractivity contribution is -0.124. The van der Waals surface area contributed by atoms with Crippen molar-refractivity contribution in [3.05, 3.63) is 47.7 Å². The molecule has 0 aliphatic heterocycles. The molecule has 5 nitrogen and oxygen atoms in total. The van der Waals surface area contributed by atoms with Crippen LogP contribution in [0.25, 0.3) is 21.7 Å². The molecule has 2 aromatic carbocycles. The van der Waals surface area contributed by atoms with Crippen LogP contribution in [0.15, 0.2) is 40.8 Å². The van der Waals surface area contributed by atoms with Crippen molar-refractivity contribution in [2.75, 3.05) is 6.61 Å². The number of amides is 1. The number of ether oxygens (including phenoxy) is 1. The maximum atomic E-state index is 12.4. The van der Waals surface area contributed by atoms with Crippen LogP contribution in [0.4, 0.5) is 0 Å². The fourth-order valence-corrected chi connectivity index (χ4v) is 3.16. The SMILES string of the molecule is CCCC(C)NC(=O)COC(=O)c1oc2c(ccc3ccccc32)c1C. The molecule has 3 rings (SSSR count). The number of nitrogens with one attached hydrogen (secondary N) is 1. The Morgan fingerprint density at radius 3 is 2.69 bits per heavy atom. The monoisotopic (exact) mass is 353 g/mol. The average Bonchev–Trinajstić information content (AvgIpc) is 2.97. The predicted molar refractivity (Wildman–Crippen MR) is 101 cm³/mol. The first-order chi connectivity index (χ1) is 12.5. The van der Waals surface area contributed by atoms with E-state index in [0.717, 1.165) is 34.6 Å². The maximum Gasteiger partial charge on any atom is 0.375 e. The van der Waals surface area contributed by atoms with Crippen molar-refractivity contribution < 1.29 is 18.7 Å². The average molecular weight is 353 g/mol. The highest BCUT2D eigenvalue weighted by molar-refractivity contribution is 6.08. The van der Waals surface area contributed by atoms with Crippen LogP contribution in [0, 0.1) is 6.92 Å². The van der Waals surface area contributed by atoms with Crippen LogP contribution >= 0.6 is 0 Å². The van der Waals surface area contributed by atoms with Crippen LogP contribution in [-0.2, 0) is 9.53 Å². The molecule has 1 unspecified atom stereocenters. The molecule has 0 spiro atoms. The van der Waals surface area contributed by atoms with E-state index in [-0.39, 0.29) is 24.3 Å². The zero-order valence-corrected chi connectivity index (χ0v) is 15.3. The van der Waals surface area contributed by atoms with E-state index in [0.29, 0.717) is 5.58 Å². The molecule has 1 amide bonds. The summed E-state index contributed by atoms with van der Waals surface area (Å²) in [6.45, 7) is 5.49. The number of furan rings is 1. The van der Waals surface area contributed by atoms with Gasteiger partial charge in [-0.05, 0) is 25.7 Å². The zero-order valence-electron chi connectivity index (χ0n) is 15.3. The van der Waals surface area contributed by atoms with E-state index in [9.17, 15) is 9.59 Å². The van der Waals surface area contributed by atoms with Gasteiger partial charge in [0.15, 0.2) is 6.61 Å². The van der Waals surface area contributed by atoms with Crippen LogP contribution in [0.2, 0.25) is 0 Å². The normalized spacial score (nSPS) is 12.3. The number of esters is 1. The molecule has 5 heteroatoms. The summed E-state index contributed by atoms with van der Waals surface area (Å²) in [6, 6.07) is 11.8. The molecule has 136 valence electrons. The van der Waals surface area contributed by atoms with Crippen LogP contribution in [0.3, 0.4) is 0 Å². The first kappa shape index (κ1) is 18.0. The van der Waals surface area contributed by atoms with Gasteiger partial charge in [0.1, 0.15) is 5.58 Å². The standard InChI is InChI=1S/C21H23NO4/c1-4-7-13(2)22-18(23)12-25-21(24)19-14(3)16-11-10-15-8-5-6-9-17(15)20(16)26-19/h5-6,8-11,13H,4,7,12H2,1-3H3,(H,22,23). The van der Waals surface area contributed by atoms with Crippen molar-refractivity contribution in [3.8, 4) is 0 Å². The summed E-state index contributed by atoms with van der Waals surface area (Å²) in [4.78, 5) is 24.3. The van der Waals surface area contributed by atoms with Gasteiger partial charge >= 0.3 is 5.97 Å². The van der Waals surface area contributed by atoms with Crippen molar-refractivity contribution in [1.29, 1.82) is 0 Å². The van der Waals surface area contributed by atoms with Gasteiger partial charge in [-0.2, -0.15) is 0 Å². The van der Waals surface area contributed by atoms with Gasteiger partial charge < -0.3 is 14.5 Å². The topological polar surface area (TPSA) is 68.5 Å². The second kappa shape index (κ2) is 7.60. The second-order valence-corrected chi connectivity index (χ2v) is 6.55. The molecule has 26 heavy (non-hydrogen) atoms. The summed E-state index contributed by atoms with van der Waals surface area (Å²) in [5.41, 5.74) is 1.38. The molecule has 1 aromatic heterocycles. The van der Waals surface area contributed by atoms with Gasteiger partial charge in [-0.1, -0.05) is 49.7 Å². The van der Waals surface area contributed by atoms with Gasteiger partial charge in [0.05, 0.1) is 0 Å². The van der Waals surface area contributed by atoms with Gasteiger partial charge in [0.2, 0.25) is 5.76 Å². The molecule has 0 aliphatic rings. The highest BCUT2D eigenvalue weighted by Gasteiger charge is 2.21. The zero-order chi connectivity index (χ0) is 18.7. The van der Waals surface area contributed by atoms with E-state index >= 15 is 0 Å². The van der Waals surface area contributed by atoms with E-state index in [1.165, 1.54) is 0 Å². The van der Waals surface area contributed by atoms with E-state index in [1.807, 2.05) is 50.2 Å². The lowest BCUT2D eigenvalue weighted by atomic mass is 10.1. The summed E-state index contributed by atoms with van der Waals surface area (Å²) >= 11 is 0. The summed E-state index contributed by atoms with van der Waals surface area (Å²) in [5.74, 6) is -0.787. The molecule has 1 heterocycles. The van der Waals surface area contributed by atoms with Crippen LogP contribution in [0.5, 0.6) is 0 Å². The first-order valence-electron chi connectivity index (χ1n) is 8.88. The summed E-state index contributed by atoms with van der Waals surface area (Å²) in [6.07, 6.45) is 1.86. The number of carbonyl (C=O) groups excluding carboxylic acids is 2. The van der Waals surface area contributed by atoms with Gasteiger partial charge in [0.25, 0.3) is 5.91 Å². The Hall–Kier alpha value is -2.82.